The molecule has 4 rings (SSSR count). The van der Waals surface area contributed by atoms with Crippen LogP contribution in [0, 0.1) is 11.3 Å². The van der Waals surface area contributed by atoms with Crippen LogP contribution in [0.4, 0.5) is 11.4 Å². The van der Waals surface area contributed by atoms with Gasteiger partial charge in [-0.25, -0.2) is 0 Å². The van der Waals surface area contributed by atoms with Crippen LogP contribution in [0.2, 0.25) is 0 Å². The molecule has 3 aromatic carbocycles. The van der Waals surface area contributed by atoms with E-state index < -0.39 is 0 Å². The second-order valence-electron chi connectivity index (χ2n) is 8.34. The molecule has 0 saturated heterocycles. The zero-order chi connectivity index (χ0) is 24.2. The first-order valence-electron chi connectivity index (χ1n) is 11.4. The Labute approximate surface area is 200 Å². The molecule has 34 heavy (non-hydrogen) atoms. The van der Waals surface area contributed by atoms with Crippen molar-refractivity contribution >= 4 is 23.2 Å². The Hall–Kier alpha value is -4.11. The fourth-order valence-corrected chi connectivity index (χ4v) is 4.60. The van der Waals surface area contributed by atoms with Crippen LogP contribution in [0.3, 0.4) is 0 Å². The van der Waals surface area contributed by atoms with E-state index in [1.807, 2.05) is 38.1 Å². The average Bonchev–Trinajstić information content (AvgIpc) is 2.88. The number of likely N-dealkylation sites (N-methyl/N-ethyl adjacent to an activating group) is 1. The fraction of sp³-hybridized carbons (Fsp3) is 0.250. The summed E-state index contributed by atoms with van der Waals surface area (Å²) >= 11 is 0. The summed E-state index contributed by atoms with van der Waals surface area (Å²) in [6, 6.07) is 23.7. The number of nitrogens with zero attached hydrogens (tertiary/aromatic N) is 3. The molecule has 6 nitrogen and oxygen atoms in total. The van der Waals surface area contributed by atoms with Gasteiger partial charge in [0.05, 0.1) is 24.7 Å². The molecular formula is C28H27N3O3. The van der Waals surface area contributed by atoms with Gasteiger partial charge in [-0.1, -0.05) is 18.2 Å². The molecule has 0 spiro atoms. The molecule has 172 valence electrons. The highest BCUT2D eigenvalue weighted by Gasteiger charge is 2.38. The quantitative estimate of drug-likeness (QED) is 0.536. The maximum atomic E-state index is 13.8. The summed E-state index contributed by atoms with van der Waals surface area (Å²) in [6.45, 7) is 4.43. The van der Waals surface area contributed by atoms with Gasteiger partial charge in [-0.3, -0.25) is 9.59 Å². The number of para-hydroxylation sites is 1. The Morgan fingerprint density at radius 3 is 2.35 bits per heavy atom. The van der Waals surface area contributed by atoms with E-state index in [4.69, 9.17) is 10.00 Å². The van der Waals surface area contributed by atoms with Gasteiger partial charge in [0.1, 0.15) is 5.75 Å². The second-order valence-corrected chi connectivity index (χ2v) is 8.34. The van der Waals surface area contributed by atoms with E-state index in [0.29, 0.717) is 29.8 Å². The monoisotopic (exact) mass is 453 g/mol. The largest absolute Gasteiger partial charge is 0.497 e. The van der Waals surface area contributed by atoms with E-state index >= 15 is 0 Å². The zero-order valence-corrected chi connectivity index (χ0v) is 19.6. The molecule has 0 aliphatic carbocycles. The lowest BCUT2D eigenvalue weighted by atomic mass is 9.84. The van der Waals surface area contributed by atoms with Crippen LogP contribution in [0.25, 0.3) is 0 Å². The molecule has 0 radical (unpaired) electrons. The number of ether oxygens (including phenoxy) is 1. The first kappa shape index (κ1) is 23.1. The number of fused-ring (bicyclic) bond motifs is 1. The van der Waals surface area contributed by atoms with Crippen molar-refractivity contribution in [2.24, 2.45) is 0 Å². The first-order chi connectivity index (χ1) is 16.5. The molecule has 1 aliphatic heterocycles. The summed E-state index contributed by atoms with van der Waals surface area (Å²) < 4.78 is 5.21. The molecule has 0 saturated carbocycles. The van der Waals surface area contributed by atoms with Crippen molar-refractivity contribution in [3.63, 3.8) is 0 Å². The van der Waals surface area contributed by atoms with Crippen molar-refractivity contribution in [1.29, 1.82) is 5.26 Å². The Morgan fingerprint density at radius 2 is 1.74 bits per heavy atom. The number of nitriles is 1. The van der Waals surface area contributed by atoms with Crippen LogP contribution in [0.1, 0.15) is 47.7 Å². The summed E-state index contributed by atoms with van der Waals surface area (Å²) in [5.74, 6) is 0.203. The number of anilines is 2. The minimum Gasteiger partial charge on any atom is -0.497 e. The lowest BCUT2D eigenvalue weighted by molar-refractivity contribution is -0.120. The Balaban J connectivity index is 1.67. The van der Waals surface area contributed by atoms with Gasteiger partial charge < -0.3 is 14.5 Å². The highest BCUT2D eigenvalue weighted by atomic mass is 16.5. The molecule has 0 N–H and O–H groups in total. The predicted octanol–water partition coefficient (Wildman–Crippen LogP) is 5.14. The summed E-state index contributed by atoms with van der Waals surface area (Å²) in [6.07, 6.45) is 0.518. The minimum absolute atomic E-state index is 0.0111. The van der Waals surface area contributed by atoms with Crippen molar-refractivity contribution in [2.45, 2.75) is 32.2 Å². The maximum Gasteiger partial charge on any atom is 0.258 e. The molecular weight excluding hydrogens is 426 g/mol. The van der Waals surface area contributed by atoms with Crippen LogP contribution in [0.15, 0.2) is 72.8 Å². The van der Waals surface area contributed by atoms with E-state index in [2.05, 4.69) is 6.07 Å². The molecule has 2 atom stereocenters. The second kappa shape index (κ2) is 9.80. The lowest BCUT2D eigenvalue weighted by Crippen LogP contribution is -2.46. The number of hydrogen-bond donors (Lipinski definition) is 0. The molecule has 6 heteroatoms. The molecule has 0 bridgehead atoms. The summed E-state index contributed by atoms with van der Waals surface area (Å²) in [5, 5.41) is 9.08. The van der Waals surface area contributed by atoms with E-state index in [1.165, 1.54) is 0 Å². The molecule has 0 fully saturated rings. The SMILES string of the molecule is CCN(C(=O)[C@H]1C[C@H](C)N(C(=O)c2ccc(OC)cc2)c2ccccc21)c1ccc(C#N)cc1. The zero-order valence-electron chi connectivity index (χ0n) is 19.6. The van der Waals surface area contributed by atoms with Crippen LogP contribution in [0.5, 0.6) is 5.75 Å². The van der Waals surface area contributed by atoms with Crippen molar-refractivity contribution in [3.8, 4) is 11.8 Å². The van der Waals surface area contributed by atoms with Gasteiger partial charge in [0.15, 0.2) is 0 Å². The van der Waals surface area contributed by atoms with Gasteiger partial charge in [0, 0.05) is 29.5 Å². The maximum absolute atomic E-state index is 13.8. The normalized spacial score (nSPS) is 16.8. The lowest BCUT2D eigenvalue weighted by Gasteiger charge is -2.40. The van der Waals surface area contributed by atoms with Gasteiger partial charge in [-0.15, -0.1) is 0 Å². The van der Waals surface area contributed by atoms with Gasteiger partial charge in [-0.2, -0.15) is 5.26 Å². The van der Waals surface area contributed by atoms with E-state index in [1.54, 1.807) is 65.4 Å². The van der Waals surface area contributed by atoms with Crippen LogP contribution < -0.4 is 14.5 Å². The molecule has 1 heterocycles. The molecule has 2 amide bonds. The van der Waals surface area contributed by atoms with Gasteiger partial charge in [-0.05, 0) is 80.4 Å². The Bertz CT molecular complexity index is 1230. The van der Waals surface area contributed by atoms with Crippen LogP contribution >= 0.6 is 0 Å². The van der Waals surface area contributed by atoms with Gasteiger partial charge >= 0.3 is 0 Å². The number of hydrogen-bond acceptors (Lipinski definition) is 4. The number of benzene rings is 3. The third kappa shape index (κ3) is 4.25. The number of amides is 2. The van der Waals surface area contributed by atoms with Gasteiger partial charge in [0.2, 0.25) is 5.91 Å². The van der Waals surface area contributed by atoms with E-state index in [9.17, 15) is 9.59 Å². The van der Waals surface area contributed by atoms with Crippen LogP contribution in [-0.4, -0.2) is 31.5 Å². The smallest absolute Gasteiger partial charge is 0.258 e. The highest BCUT2D eigenvalue weighted by molar-refractivity contribution is 6.09. The van der Waals surface area contributed by atoms with Gasteiger partial charge in [0.25, 0.3) is 5.91 Å². The van der Waals surface area contributed by atoms with Crippen molar-refractivity contribution < 1.29 is 14.3 Å². The molecule has 3 aromatic rings. The van der Waals surface area contributed by atoms with Crippen molar-refractivity contribution in [2.75, 3.05) is 23.5 Å². The van der Waals surface area contributed by atoms with E-state index in [0.717, 1.165) is 16.9 Å². The molecule has 1 aliphatic rings. The standard InChI is InChI=1S/C28H27N3O3/c1-4-30(22-13-9-20(18-29)10-14-22)28(33)25-17-19(2)31(26-8-6-5-7-24(25)26)27(32)21-11-15-23(34-3)16-12-21/h5-16,19,25H,4,17H2,1-3H3/t19-,25-/m0/s1. The van der Waals surface area contributed by atoms with Crippen molar-refractivity contribution in [3.05, 3.63) is 89.5 Å². The summed E-state index contributed by atoms with van der Waals surface area (Å²) in [5.41, 5.74) is 3.49. The van der Waals surface area contributed by atoms with Crippen molar-refractivity contribution in [1.82, 2.24) is 0 Å². The minimum atomic E-state index is -0.373. The molecule has 0 aromatic heterocycles. The Morgan fingerprint density at radius 1 is 1.06 bits per heavy atom. The third-order valence-corrected chi connectivity index (χ3v) is 6.33. The number of carbonyl (C=O) groups excluding carboxylic acids is 2. The van der Waals surface area contributed by atoms with E-state index in [-0.39, 0.29) is 23.8 Å². The topological polar surface area (TPSA) is 73.6 Å². The highest BCUT2D eigenvalue weighted by Crippen LogP contribution is 2.40. The first-order valence-corrected chi connectivity index (χ1v) is 11.4. The summed E-state index contributed by atoms with van der Waals surface area (Å²) in [4.78, 5) is 30.8. The summed E-state index contributed by atoms with van der Waals surface area (Å²) in [7, 11) is 1.59. The average molecular weight is 454 g/mol. The molecule has 0 unspecified atom stereocenters. The van der Waals surface area contributed by atoms with Crippen LogP contribution in [-0.2, 0) is 4.79 Å². The predicted molar refractivity (Wildman–Crippen MR) is 132 cm³/mol. The Kier molecular flexibility index (Phi) is 6.65. The fourth-order valence-electron chi connectivity index (χ4n) is 4.60. The third-order valence-electron chi connectivity index (χ3n) is 6.33. The number of methoxy groups -OCH3 is 1. The number of carbonyl (C=O) groups is 2. The number of rotatable bonds is 5.